The van der Waals surface area contributed by atoms with E-state index in [1.165, 1.54) is 6.42 Å². The Morgan fingerprint density at radius 3 is 2.65 bits per heavy atom. The Labute approximate surface area is 192 Å². The van der Waals surface area contributed by atoms with Crippen molar-refractivity contribution in [3.05, 3.63) is 33.9 Å². The number of carbonyl (C=O) groups is 1. The van der Waals surface area contributed by atoms with Crippen LogP contribution in [0.25, 0.3) is 11.3 Å². The van der Waals surface area contributed by atoms with Crippen molar-refractivity contribution in [1.29, 1.82) is 0 Å². The number of nitrogens with zero attached hydrogens (tertiary/aromatic N) is 3. The Morgan fingerprint density at radius 1 is 1.26 bits per heavy atom. The summed E-state index contributed by atoms with van der Waals surface area (Å²) in [4.78, 5) is 24.0. The molecule has 1 aromatic carbocycles. The number of piperidine rings is 1. The van der Waals surface area contributed by atoms with Crippen LogP contribution < -0.4 is 16.4 Å². The van der Waals surface area contributed by atoms with Gasteiger partial charge in [0.15, 0.2) is 17.3 Å². The summed E-state index contributed by atoms with van der Waals surface area (Å²) in [5.74, 6) is 0.0894. The summed E-state index contributed by atoms with van der Waals surface area (Å²) in [6, 6.07) is 5.41. The number of halogens is 2. The number of hydrogen-bond acceptors (Lipinski definition) is 7. The molecule has 0 bridgehead atoms. The molecule has 2 aliphatic rings. The Bertz CT molecular complexity index is 992. The fourth-order valence-corrected chi connectivity index (χ4v) is 5.22. The molecule has 1 spiro atoms. The van der Waals surface area contributed by atoms with E-state index >= 15 is 0 Å². The van der Waals surface area contributed by atoms with Crippen LogP contribution >= 0.6 is 23.2 Å². The van der Waals surface area contributed by atoms with Gasteiger partial charge in [-0.2, -0.15) is 0 Å². The van der Waals surface area contributed by atoms with E-state index in [1.54, 1.807) is 25.1 Å². The van der Waals surface area contributed by atoms with Crippen LogP contribution in [0, 0.1) is 5.41 Å². The molecule has 4 rings (SSSR count). The van der Waals surface area contributed by atoms with E-state index in [0.29, 0.717) is 27.1 Å². The van der Waals surface area contributed by atoms with Gasteiger partial charge < -0.3 is 21.1 Å². The summed E-state index contributed by atoms with van der Waals surface area (Å²) in [7, 11) is 0. The van der Waals surface area contributed by atoms with Crippen LogP contribution in [0.15, 0.2) is 18.2 Å². The van der Waals surface area contributed by atoms with Gasteiger partial charge in [-0.25, -0.2) is 14.8 Å². The van der Waals surface area contributed by atoms with Crippen LogP contribution in [0.1, 0.15) is 49.5 Å². The van der Waals surface area contributed by atoms with E-state index in [0.717, 1.165) is 38.8 Å². The molecule has 2 aromatic rings. The monoisotopic (exact) mass is 463 g/mol. The minimum atomic E-state index is -0.540. The summed E-state index contributed by atoms with van der Waals surface area (Å²) in [5.41, 5.74) is 13.9. The number of esters is 1. The molecule has 1 saturated carbocycles. The first-order valence-electron chi connectivity index (χ1n) is 10.7. The van der Waals surface area contributed by atoms with Crippen molar-refractivity contribution < 1.29 is 9.53 Å². The number of nitrogens with two attached hydrogens (primary N) is 2. The van der Waals surface area contributed by atoms with Crippen molar-refractivity contribution in [3.63, 3.8) is 0 Å². The molecule has 0 amide bonds. The second-order valence-electron chi connectivity index (χ2n) is 8.30. The SMILES string of the molecule is CCOC(=O)c1nc(-c2cccc(Cl)c2Cl)c(N)nc1N1CCC2(CCC[C@H]2N)CC1. The van der Waals surface area contributed by atoms with Gasteiger partial charge in [0.2, 0.25) is 0 Å². The average molecular weight is 464 g/mol. The normalized spacial score (nSPS) is 20.3. The lowest BCUT2D eigenvalue weighted by Crippen LogP contribution is -2.47. The largest absolute Gasteiger partial charge is 0.461 e. The van der Waals surface area contributed by atoms with E-state index in [4.69, 9.17) is 39.4 Å². The Hall–Kier alpha value is -2.09. The van der Waals surface area contributed by atoms with Gasteiger partial charge in [-0.3, -0.25) is 0 Å². The van der Waals surface area contributed by atoms with Gasteiger partial charge in [-0.15, -0.1) is 0 Å². The Kier molecular flexibility index (Phi) is 6.28. The molecule has 2 heterocycles. The highest BCUT2D eigenvalue weighted by Crippen LogP contribution is 2.46. The standard InChI is InChI=1S/C22H27Cl2N5O2/c1-2-31-21(30)18-20(29-11-9-22(10-12-29)8-4-7-15(22)25)28-19(26)17(27-18)13-5-3-6-14(23)16(13)24/h3,5-6,15H,2,4,7-12,25H2,1H3,(H2,26,28)/t15-/m1/s1. The van der Waals surface area contributed by atoms with Crippen molar-refractivity contribution in [3.8, 4) is 11.3 Å². The maximum absolute atomic E-state index is 12.8. The molecule has 31 heavy (non-hydrogen) atoms. The van der Waals surface area contributed by atoms with Crippen molar-refractivity contribution in [2.24, 2.45) is 11.1 Å². The predicted octanol–water partition coefficient (Wildman–Crippen LogP) is 4.31. The molecule has 1 atom stereocenters. The van der Waals surface area contributed by atoms with Crippen LogP contribution in [-0.4, -0.2) is 41.7 Å². The zero-order valence-corrected chi connectivity index (χ0v) is 19.0. The summed E-state index contributed by atoms with van der Waals surface area (Å²) in [5, 5.41) is 0.680. The van der Waals surface area contributed by atoms with Gasteiger partial charge in [0.1, 0.15) is 5.69 Å². The molecular formula is C22H27Cl2N5O2. The Morgan fingerprint density at radius 2 is 2.00 bits per heavy atom. The minimum absolute atomic E-state index is 0.133. The van der Waals surface area contributed by atoms with Crippen LogP contribution in [0.5, 0.6) is 0 Å². The fourth-order valence-electron chi connectivity index (χ4n) is 4.83. The van der Waals surface area contributed by atoms with Gasteiger partial charge >= 0.3 is 5.97 Å². The number of hydrogen-bond donors (Lipinski definition) is 2. The van der Waals surface area contributed by atoms with Gasteiger partial charge in [-0.1, -0.05) is 41.8 Å². The van der Waals surface area contributed by atoms with Gasteiger partial charge in [0.05, 0.1) is 16.7 Å². The highest BCUT2D eigenvalue weighted by Gasteiger charge is 2.43. The van der Waals surface area contributed by atoms with Crippen molar-refractivity contribution in [2.45, 2.75) is 45.1 Å². The van der Waals surface area contributed by atoms with E-state index < -0.39 is 5.97 Å². The predicted molar refractivity (Wildman–Crippen MR) is 124 cm³/mol. The molecule has 1 aliphatic carbocycles. The van der Waals surface area contributed by atoms with Crippen molar-refractivity contribution in [1.82, 2.24) is 9.97 Å². The van der Waals surface area contributed by atoms with Gasteiger partial charge in [-0.05, 0) is 44.1 Å². The molecule has 7 nitrogen and oxygen atoms in total. The number of ether oxygens (including phenoxy) is 1. The zero-order chi connectivity index (χ0) is 22.2. The number of nitrogen functional groups attached to an aromatic ring is 1. The lowest BCUT2D eigenvalue weighted by Gasteiger charge is -2.42. The Balaban J connectivity index is 1.72. The smallest absolute Gasteiger partial charge is 0.360 e. The van der Waals surface area contributed by atoms with Crippen LogP contribution in [0.3, 0.4) is 0 Å². The minimum Gasteiger partial charge on any atom is -0.461 e. The van der Waals surface area contributed by atoms with E-state index in [-0.39, 0.29) is 29.6 Å². The number of aromatic nitrogens is 2. The lowest BCUT2D eigenvalue weighted by atomic mass is 9.74. The molecule has 1 saturated heterocycles. The first-order valence-corrected chi connectivity index (χ1v) is 11.4. The molecule has 1 aromatic heterocycles. The van der Waals surface area contributed by atoms with Crippen LogP contribution in [0.2, 0.25) is 10.0 Å². The second kappa shape index (κ2) is 8.81. The first kappa shape index (κ1) is 22.1. The van der Waals surface area contributed by atoms with Gasteiger partial charge in [0.25, 0.3) is 0 Å². The third-order valence-corrected chi connectivity index (χ3v) is 7.43. The highest BCUT2D eigenvalue weighted by molar-refractivity contribution is 6.43. The topological polar surface area (TPSA) is 107 Å². The molecule has 9 heteroatoms. The van der Waals surface area contributed by atoms with Crippen molar-refractivity contribution >= 4 is 40.8 Å². The van der Waals surface area contributed by atoms with E-state index in [2.05, 4.69) is 14.9 Å². The quantitative estimate of drug-likeness (QED) is 0.650. The summed E-state index contributed by atoms with van der Waals surface area (Å²) < 4.78 is 5.27. The second-order valence-corrected chi connectivity index (χ2v) is 9.08. The average Bonchev–Trinajstić information content (AvgIpc) is 3.10. The molecule has 166 valence electrons. The molecule has 0 radical (unpaired) electrons. The van der Waals surface area contributed by atoms with Crippen molar-refractivity contribution in [2.75, 3.05) is 30.3 Å². The molecular weight excluding hydrogens is 437 g/mol. The molecule has 4 N–H and O–H groups in total. The molecule has 0 unspecified atom stereocenters. The molecule has 1 aliphatic heterocycles. The number of benzene rings is 1. The van der Waals surface area contributed by atoms with Gasteiger partial charge in [0, 0.05) is 24.7 Å². The number of carbonyl (C=O) groups excluding carboxylic acids is 1. The van der Waals surface area contributed by atoms with E-state index in [1.807, 2.05) is 0 Å². The lowest BCUT2D eigenvalue weighted by molar-refractivity contribution is 0.0519. The van der Waals surface area contributed by atoms with Crippen LogP contribution in [-0.2, 0) is 4.74 Å². The van der Waals surface area contributed by atoms with E-state index in [9.17, 15) is 4.79 Å². The molecule has 2 fully saturated rings. The number of anilines is 2. The maximum atomic E-state index is 12.8. The maximum Gasteiger partial charge on any atom is 0.360 e. The first-order chi connectivity index (χ1) is 14.9. The highest BCUT2D eigenvalue weighted by atomic mass is 35.5. The van der Waals surface area contributed by atoms with Crippen LogP contribution in [0.4, 0.5) is 11.6 Å². The zero-order valence-electron chi connectivity index (χ0n) is 17.5. The third-order valence-electron chi connectivity index (χ3n) is 6.62. The fraction of sp³-hybridized carbons (Fsp3) is 0.500. The summed E-state index contributed by atoms with van der Waals surface area (Å²) in [6.07, 6.45) is 5.33. The number of rotatable bonds is 4. The summed E-state index contributed by atoms with van der Waals surface area (Å²) in [6.45, 7) is 3.47. The summed E-state index contributed by atoms with van der Waals surface area (Å²) >= 11 is 12.5. The third kappa shape index (κ3) is 4.06.